The molecule has 0 bridgehead atoms. The van der Waals surface area contributed by atoms with E-state index in [9.17, 15) is 5.02 Å². The largest absolute Gasteiger partial charge is 0.492 e. The smallest absolute Gasteiger partial charge is 0.423 e. The van der Waals surface area contributed by atoms with Gasteiger partial charge in [-0.3, -0.25) is 0 Å². The van der Waals surface area contributed by atoms with E-state index in [-0.39, 0.29) is 0 Å². The molecule has 0 spiro atoms. The van der Waals surface area contributed by atoms with Crippen LogP contribution < -0.4 is 5.46 Å². The Bertz CT molecular complexity index is 392. The van der Waals surface area contributed by atoms with E-state index in [1.54, 1.807) is 7.11 Å². The monoisotopic (exact) mass is 234 g/mol. The minimum Gasteiger partial charge on any atom is -0.423 e. The van der Waals surface area contributed by atoms with Gasteiger partial charge in [-0.25, -0.2) is 0 Å². The predicted molar refractivity (Wildman–Crippen MR) is 68.2 cm³/mol. The minimum absolute atomic E-state index is 0.507. The lowest BCUT2D eigenvalue weighted by atomic mass is 9.74. The molecule has 0 aliphatic carbocycles. The predicted octanol–water partition coefficient (Wildman–Crippen LogP) is 1.39. The van der Waals surface area contributed by atoms with Crippen molar-refractivity contribution in [3.8, 4) is 0 Å². The third-order valence-electron chi connectivity index (χ3n) is 3.17. The van der Waals surface area contributed by atoms with Crippen LogP contribution in [0.3, 0.4) is 0 Å². The second-order valence-electron chi connectivity index (χ2n) is 4.53. The van der Waals surface area contributed by atoms with Crippen molar-refractivity contribution >= 4 is 12.6 Å². The van der Waals surface area contributed by atoms with Crippen molar-refractivity contribution in [1.82, 2.24) is 0 Å². The standard InChI is InChI=1S/C13H19BO3/c1-3-4-5-11-6-10(8-16-2)7-12-9-17-14(15)13(11)12/h6-7,15H,3-5,8-9H2,1-2H3. The Morgan fingerprint density at radius 2 is 2.29 bits per heavy atom. The lowest BCUT2D eigenvalue weighted by Gasteiger charge is -2.11. The van der Waals surface area contributed by atoms with Crippen LogP contribution >= 0.6 is 0 Å². The summed E-state index contributed by atoms with van der Waals surface area (Å²) in [6.45, 7) is 3.29. The average Bonchev–Trinajstić information content (AvgIpc) is 2.69. The summed E-state index contributed by atoms with van der Waals surface area (Å²) < 4.78 is 10.5. The highest BCUT2D eigenvalue weighted by Crippen LogP contribution is 2.18. The van der Waals surface area contributed by atoms with Crippen molar-refractivity contribution < 1.29 is 14.4 Å². The van der Waals surface area contributed by atoms with Gasteiger partial charge in [-0.15, -0.1) is 0 Å². The van der Waals surface area contributed by atoms with Crippen molar-refractivity contribution in [2.75, 3.05) is 7.11 Å². The van der Waals surface area contributed by atoms with Crippen LogP contribution in [0.1, 0.15) is 36.5 Å². The van der Waals surface area contributed by atoms with E-state index in [1.165, 1.54) is 5.56 Å². The molecule has 0 saturated heterocycles. The molecule has 1 aliphatic rings. The number of benzene rings is 1. The molecule has 0 atom stereocenters. The molecule has 1 aliphatic heterocycles. The quantitative estimate of drug-likeness (QED) is 0.782. The Hall–Kier alpha value is -0.835. The van der Waals surface area contributed by atoms with E-state index in [0.717, 1.165) is 35.9 Å². The molecule has 1 aromatic carbocycles. The second kappa shape index (κ2) is 5.67. The minimum atomic E-state index is -0.742. The zero-order valence-electron chi connectivity index (χ0n) is 10.5. The van der Waals surface area contributed by atoms with Crippen LogP contribution in [0.2, 0.25) is 0 Å². The van der Waals surface area contributed by atoms with Gasteiger partial charge < -0.3 is 14.4 Å². The molecule has 3 nitrogen and oxygen atoms in total. The van der Waals surface area contributed by atoms with E-state index in [4.69, 9.17) is 9.39 Å². The molecule has 1 N–H and O–H groups in total. The Morgan fingerprint density at radius 1 is 1.47 bits per heavy atom. The van der Waals surface area contributed by atoms with Crippen molar-refractivity contribution in [2.24, 2.45) is 0 Å². The zero-order valence-corrected chi connectivity index (χ0v) is 10.5. The van der Waals surface area contributed by atoms with Gasteiger partial charge >= 0.3 is 7.12 Å². The molecule has 1 aromatic rings. The maximum absolute atomic E-state index is 9.83. The highest BCUT2D eigenvalue weighted by molar-refractivity contribution is 6.62. The van der Waals surface area contributed by atoms with Gasteiger partial charge in [0.1, 0.15) is 0 Å². The summed E-state index contributed by atoms with van der Waals surface area (Å²) in [6, 6.07) is 4.21. The van der Waals surface area contributed by atoms with Gasteiger partial charge in [0.15, 0.2) is 0 Å². The molecule has 1 heterocycles. The fourth-order valence-corrected chi connectivity index (χ4v) is 2.36. The van der Waals surface area contributed by atoms with Crippen LogP contribution in [0, 0.1) is 0 Å². The SMILES string of the molecule is CCCCc1cc(COC)cc2c1B(O)OC2. The Kier molecular flexibility index (Phi) is 4.21. The molecule has 0 aromatic heterocycles. The van der Waals surface area contributed by atoms with Crippen LogP contribution in [0.15, 0.2) is 12.1 Å². The van der Waals surface area contributed by atoms with Gasteiger partial charge in [0, 0.05) is 7.11 Å². The molecular weight excluding hydrogens is 215 g/mol. The van der Waals surface area contributed by atoms with Crippen molar-refractivity contribution in [2.45, 2.75) is 39.4 Å². The van der Waals surface area contributed by atoms with Crippen LogP contribution in [0.5, 0.6) is 0 Å². The third-order valence-corrected chi connectivity index (χ3v) is 3.17. The van der Waals surface area contributed by atoms with Crippen molar-refractivity contribution in [1.29, 1.82) is 0 Å². The van der Waals surface area contributed by atoms with Gasteiger partial charge in [-0.05, 0) is 35.0 Å². The topological polar surface area (TPSA) is 38.7 Å². The summed E-state index contributed by atoms with van der Waals surface area (Å²) in [4.78, 5) is 0. The van der Waals surface area contributed by atoms with Crippen LogP contribution in [-0.4, -0.2) is 19.3 Å². The lowest BCUT2D eigenvalue weighted by molar-refractivity contribution is 0.184. The first-order valence-electron chi connectivity index (χ1n) is 6.19. The first-order valence-corrected chi connectivity index (χ1v) is 6.19. The van der Waals surface area contributed by atoms with Gasteiger partial charge in [0.2, 0.25) is 0 Å². The molecule has 0 unspecified atom stereocenters. The number of ether oxygens (including phenoxy) is 1. The molecule has 0 amide bonds. The summed E-state index contributed by atoms with van der Waals surface area (Å²) in [5.41, 5.74) is 4.47. The van der Waals surface area contributed by atoms with Crippen molar-refractivity contribution in [3.05, 3.63) is 28.8 Å². The van der Waals surface area contributed by atoms with E-state index in [1.807, 2.05) is 0 Å². The van der Waals surface area contributed by atoms with Gasteiger partial charge in [0.25, 0.3) is 0 Å². The number of hydrogen-bond acceptors (Lipinski definition) is 3. The first-order chi connectivity index (χ1) is 8.26. The normalized spacial score (nSPS) is 14.2. The average molecular weight is 234 g/mol. The molecule has 17 heavy (non-hydrogen) atoms. The molecule has 0 fully saturated rings. The number of fused-ring (bicyclic) bond motifs is 1. The molecule has 2 rings (SSSR count). The summed E-state index contributed by atoms with van der Waals surface area (Å²) in [7, 11) is 0.957. The fourth-order valence-electron chi connectivity index (χ4n) is 2.36. The highest BCUT2D eigenvalue weighted by atomic mass is 16.5. The van der Waals surface area contributed by atoms with E-state index in [0.29, 0.717) is 13.2 Å². The second-order valence-corrected chi connectivity index (χ2v) is 4.53. The van der Waals surface area contributed by atoms with E-state index >= 15 is 0 Å². The van der Waals surface area contributed by atoms with Crippen LogP contribution in [0.25, 0.3) is 0 Å². The molecular formula is C13H19BO3. The Balaban J connectivity index is 2.32. The van der Waals surface area contributed by atoms with Gasteiger partial charge in [0.05, 0.1) is 13.2 Å². The molecule has 4 heteroatoms. The summed E-state index contributed by atoms with van der Waals surface area (Å²) in [5, 5.41) is 9.83. The zero-order chi connectivity index (χ0) is 12.3. The number of rotatable bonds is 5. The first kappa shape index (κ1) is 12.6. The summed E-state index contributed by atoms with van der Waals surface area (Å²) >= 11 is 0. The molecule has 92 valence electrons. The fraction of sp³-hybridized carbons (Fsp3) is 0.538. The summed E-state index contributed by atoms with van der Waals surface area (Å²) in [6.07, 6.45) is 3.28. The lowest BCUT2D eigenvalue weighted by Crippen LogP contribution is -2.31. The number of hydrogen-bond donors (Lipinski definition) is 1. The summed E-state index contributed by atoms with van der Waals surface area (Å²) in [5.74, 6) is 0. The van der Waals surface area contributed by atoms with Gasteiger partial charge in [-0.1, -0.05) is 25.5 Å². The van der Waals surface area contributed by atoms with Crippen LogP contribution in [-0.2, 0) is 29.0 Å². The molecule has 0 saturated carbocycles. The Morgan fingerprint density at radius 3 is 3.00 bits per heavy atom. The maximum Gasteiger partial charge on any atom is 0.492 e. The number of methoxy groups -OCH3 is 1. The van der Waals surface area contributed by atoms with E-state index in [2.05, 4.69) is 19.1 Å². The van der Waals surface area contributed by atoms with Gasteiger partial charge in [-0.2, -0.15) is 0 Å². The molecule has 0 radical (unpaired) electrons. The van der Waals surface area contributed by atoms with Crippen LogP contribution in [0.4, 0.5) is 0 Å². The van der Waals surface area contributed by atoms with Crippen molar-refractivity contribution in [3.63, 3.8) is 0 Å². The van der Waals surface area contributed by atoms with E-state index < -0.39 is 7.12 Å². The maximum atomic E-state index is 9.83. The third kappa shape index (κ3) is 2.71. The number of unbranched alkanes of at least 4 members (excludes halogenated alkanes) is 1. The highest BCUT2D eigenvalue weighted by Gasteiger charge is 2.30. The number of aryl methyl sites for hydroxylation is 1. The Labute approximate surface area is 103 Å².